The summed E-state index contributed by atoms with van der Waals surface area (Å²) in [6, 6.07) is 1.76. The number of fused-ring (bicyclic) bond motifs is 1. The third-order valence-corrected chi connectivity index (χ3v) is 6.66. The van der Waals surface area contributed by atoms with Gasteiger partial charge in [-0.3, -0.25) is 14.5 Å². The number of likely N-dealkylation sites (tertiary alicyclic amines) is 1. The summed E-state index contributed by atoms with van der Waals surface area (Å²) in [5, 5.41) is 6.20. The summed E-state index contributed by atoms with van der Waals surface area (Å²) in [6.45, 7) is 3.22. The van der Waals surface area contributed by atoms with Crippen molar-refractivity contribution in [2.45, 2.75) is 56.9 Å². The Hall–Kier alpha value is -2.15. The van der Waals surface area contributed by atoms with Gasteiger partial charge in [0.05, 0.1) is 17.8 Å². The molecule has 1 saturated carbocycles. The van der Waals surface area contributed by atoms with E-state index in [1.54, 1.807) is 24.2 Å². The number of hydrogen-bond donors (Lipinski definition) is 2. The van der Waals surface area contributed by atoms with Crippen molar-refractivity contribution >= 4 is 23.3 Å². The Morgan fingerprint density at radius 3 is 2.64 bits per heavy atom. The van der Waals surface area contributed by atoms with Crippen molar-refractivity contribution < 1.29 is 9.59 Å². The van der Waals surface area contributed by atoms with Crippen LogP contribution in [-0.2, 0) is 4.79 Å². The van der Waals surface area contributed by atoms with Crippen molar-refractivity contribution in [3.63, 3.8) is 0 Å². The molecule has 0 atom stereocenters. The Morgan fingerprint density at radius 2 is 1.89 bits per heavy atom. The van der Waals surface area contributed by atoms with Crippen molar-refractivity contribution in [1.82, 2.24) is 15.2 Å². The molecule has 0 bridgehead atoms. The van der Waals surface area contributed by atoms with Crippen LogP contribution in [0.15, 0.2) is 12.3 Å². The zero-order valence-electron chi connectivity index (χ0n) is 16.8. The molecule has 0 unspecified atom stereocenters. The second-order valence-corrected chi connectivity index (χ2v) is 8.41. The Kier molecular flexibility index (Phi) is 5.53. The van der Waals surface area contributed by atoms with Crippen LogP contribution in [-0.4, -0.2) is 60.5 Å². The zero-order valence-corrected chi connectivity index (χ0v) is 16.8. The maximum absolute atomic E-state index is 12.9. The van der Waals surface area contributed by atoms with Gasteiger partial charge in [-0.1, -0.05) is 25.7 Å². The molecule has 1 aromatic rings. The summed E-state index contributed by atoms with van der Waals surface area (Å²) in [6.07, 6.45) is 11.5. The lowest BCUT2D eigenvalue weighted by Gasteiger charge is -2.48. The third-order valence-electron chi connectivity index (χ3n) is 6.66. The maximum Gasteiger partial charge on any atom is 0.252 e. The second kappa shape index (κ2) is 8.07. The predicted molar refractivity (Wildman–Crippen MR) is 110 cm³/mol. The molecule has 7 heteroatoms. The smallest absolute Gasteiger partial charge is 0.252 e. The number of pyridine rings is 1. The fourth-order valence-electron chi connectivity index (χ4n) is 4.91. The largest absolute Gasteiger partial charge is 0.359 e. The van der Waals surface area contributed by atoms with Gasteiger partial charge < -0.3 is 15.5 Å². The number of nitrogens with zero attached hydrogens (tertiary/aromatic N) is 3. The molecule has 0 spiro atoms. The highest BCUT2D eigenvalue weighted by Gasteiger charge is 2.38. The van der Waals surface area contributed by atoms with Crippen molar-refractivity contribution in [3.8, 4) is 0 Å². The number of hydrogen-bond acceptors (Lipinski definition) is 5. The van der Waals surface area contributed by atoms with Crippen LogP contribution in [0.5, 0.6) is 0 Å². The van der Waals surface area contributed by atoms with Gasteiger partial charge in [0.15, 0.2) is 0 Å². The molecule has 1 aromatic heterocycles. The van der Waals surface area contributed by atoms with Gasteiger partial charge in [0.25, 0.3) is 5.91 Å². The molecule has 7 nitrogen and oxygen atoms in total. The Labute approximate surface area is 166 Å². The first kappa shape index (κ1) is 19.2. The number of carbonyl (C=O) groups excluding carboxylic acids is 2. The highest BCUT2D eigenvalue weighted by molar-refractivity contribution is 6.03. The topological polar surface area (TPSA) is 77.6 Å². The molecule has 4 rings (SSSR count). The summed E-state index contributed by atoms with van der Waals surface area (Å²) >= 11 is 0. The fourth-order valence-corrected chi connectivity index (χ4v) is 4.91. The van der Waals surface area contributed by atoms with E-state index in [1.165, 1.54) is 38.5 Å². The summed E-state index contributed by atoms with van der Waals surface area (Å²) in [7, 11) is 1.72. The summed E-state index contributed by atoms with van der Waals surface area (Å²) in [4.78, 5) is 33.4. The molecule has 2 fully saturated rings. The van der Waals surface area contributed by atoms with Crippen LogP contribution in [0.4, 0.5) is 11.5 Å². The van der Waals surface area contributed by atoms with E-state index in [0.29, 0.717) is 23.6 Å². The average Bonchev–Trinajstić information content (AvgIpc) is 2.76. The van der Waals surface area contributed by atoms with E-state index in [9.17, 15) is 9.59 Å². The molecule has 2 aliphatic heterocycles. The summed E-state index contributed by atoms with van der Waals surface area (Å²) in [5.41, 5.74) is 1.27. The van der Waals surface area contributed by atoms with Gasteiger partial charge in [0, 0.05) is 25.3 Å². The normalized spacial score (nSPS) is 22.3. The van der Waals surface area contributed by atoms with Gasteiger partial charge >= 0.3 is 0 Å². The summed E-state index contributed by atoms with van der Waals surface area (Å²) in [5.74, 6) is 0.512. The Bertz CT molecular complexity index is 738. The molecular weight excluding hydrogens is 354 g/mol. The van der Waals surface area contributed by atoms with Crippen LogP contribution in [0.25, 0.3) is 0 Å². The van der Waals surface area contributed by atoms with E-state index >= 15 is 0 Å². The van der Waals surface area contributed by atoms with Crippen LogP contribution in [0.1, 0.15) is 61.7 Å². The maximum atomic E-state index is 12.9. The number of nitrogens with one attached hydrogen (secondary N) is 2. The van der Waals surface area contributed by atoms with Crippen molar-refractivity contribution in [1.29, 1.82) is 0 Å². The van der Waals surface area contributed by atoms with Crippen LogP contribution < -0.4 is 15.5 Å². The molecule has 0 radical (unpaired) electrons. The van der Waals surface area contributed by atoms with Gasteiger partial charge in [0.1, 0.15) is 5.82 Å². The standard InChI is InChI=1S/C21H31N5O2/c1-25-17-12-16(13-22-19(17)23-14-18(25)27)20(28)24-15-21(8-4-2-5-9-21)26-10-6-3-7-11-26/h12-13H,2-11,14-15H2,1H3,(H,22,23)(H,24,28). The minimum absolute atomic E-state index is 0.0295. The average molecular weight is 386 g/mol. The van der Waals surface area contributed by atoms with Gasteiger partial charge in [0.2, 0.25) is 5.91 Å². The first-order chi connectivity index (χ1) is 13.6. The van der Waals surface area contributed by atoms with E-state index in [2.05, 4.69) is 20.5 Å². The van der Waals surface area contributed by atoms with Crippen molar-refractivity contribution in [2.24, 2.45) is 0 Å². The lowest BCUT2D eigenvalue weighted by Crippen LogP contribution is -2.58. The first-order valence-corrected chi connectivity index (χ1v) is 10.6. The van der Waals surface area contributed by atoms with E-state index < -0.39 is 0 Å². The number of aromatic nitrogens is 1. The lowest BCUT2D eigenvalue weighted by atomic mass is 9.79. The van der Waals surface area contributed by atoms with Crippen LogP contribution in [0.3, 0.4) is 0 Å². The quantitative estimate of drug-likeness (QED) is 0.832. The van der Waals surface area contributed by atoms with E-state index in [4.69, 9.17) is 0 Å². The number of amides is 2. The highest BCUT2D eigenvalue weighted by Crippen LogP contribution is 2.35. The van der Waals surface area contributed by atoms with Gasteiger partial charge in [-0.05, 0) is 44.8 Å². The van der Waals surface area contributed by atoms with E-state index in [0.717, 1.165) is 25.9 Å². The van der Waals surface area contributed by atoms with Crippen molar-refractivity contribution in [2.75, 3.05) is 43.4 Å². The van der Waals surface area contributed by atoms with Gasteiger partial charge in [-0.25, -0.2) is 4.98 Å². The predicted octanol–water partition coefficient (Wildman–Crippen LogP) is 2.39. The monoisotopic (exact) mass is 385 g/mol. The SMILES string of the molecule is CN1C(=O)CNc2ncc(C(=O)NCC3(N4CCCCC4)CCCCC3)cc21. The zero-order chi connectivity index (χ0) is 19.6. The van der Waals surface area contributed by atoms with E-state index in [-0.39, 0.29) is 23.9 Å². The molecule has 28 heavy (non-hydrogen) atoms. The van der Waals surface area contributed by atoms with Crippen LogP contribution in [0.2, 0.25) is 0 Å². The number of likely N-dealkylation sites (N-methyl/N-ethyl adjacent to an activating group) is 1. The second-order valence-electron chi connectivity index (χ2n) is 8.41. The molecule has 3 aliphatic rings. The molecule has 1 saturated heterocycles. The molecular formula is C21H31N5O2. The number of anilines is 2. The number of carbonyl (C=O) groups is 2. The molecule has 1 aliphatic carbocycles. The molecule has 0 aromatic carbocycles. The van der Waals surface area contributed by atoms with Gasteiger partial charge in [-0.15, -0.1) is 0 Å². The van der Waals surface area contributed by atoms with Crippen molar-refractivity contribution in [3.05, 3.63) is 17.8 Å². The number of piperidine rings is 1. The van der Waals surface area contributed by atoms with Crippen LogP contribution >= 0.6 is 0 Å². The Balaban J connectivity index is 1.47. The first-order valence-electron chi connectivity index (χ1n) is 10.6. The Morgan fingerprint density at radius 1 is 1.18 bits per heavy atom. The molecule has 152 valence electrons. The molecule has 2 N–H and O–H groups in total. The van der Waals surface area contributed by atoms with Crippen LogP contribution in [0, 0.1) is 0 Å². The summed E-state index contributed by atoms with van der Waals surface area (Å²) < 4.78 is 0. The minimum atomic E-state index is -0.108. The number of rotatable bonds is 4. The highest BCUT2D eigenvalue weighted by atomic mass is 16.2. The minimum Gasteiger partial charge on any atom is -0.359 e. The molecule has 2 amide bonds. The lowest BCUT2D eigenvalue weighted by molar-refractivity contribution is -0.116. The fraction of sp³-hybridized carbons (Fsp3) is 0.667. The van der Waals surface area contributed by atoms with E-state index in [1.807, 2.05) is 0 Å². The molecule has 3 heterocycles. The third kappa shape index (κ3) is 3.72. The van der Waals surface area contributed by atoms with Gasteiger partial charge in [-0.2, -0.15) is 0 Å².